The molecule has 1 heterocycles. The fourth-order valence-electron chi connectivity index (χ4n) is 4.38. The molecule has 1 aromatic heterocycles. The van der Waals surface area contributed by atoms with Gasteiger partial charge in [0.2, 0.25) is 0 Å². The van der Waals surface area contributed by atoms with E-state index in [9.17, 15) is 0 Å². The summed E-state index contributed by atoms with van der Waals surface area (Å²) in [6.45, 7) is 6.69. The van der Waals surface area contributed by atoms with Crippen molar-refractivity contribution >= 4 is 11.9 Å². The smallest absolute Gasteiger partial charge is 0.0630 e. The second-order valence-corrected chi connectivity index (χ2v) is 9.79. The quantitative estimate of drug-likeness (QED) is 0.236. The van der Waals surface area contributed by atoms with Crippen molar-refractivity contribution in [3.8, 4) is 28.2 Å². The van der Waals surface area contributed by atoms with E-state index in [-0.39, 0.29) is 5.41 Å². The lowest BCUT2D eigenvalue weighted by Crippen LogP contribution is -2.10. The van der Waals surface area contributed by atoms with Gasteiger partial charge in [-0.3, -0.25) is 4.99 Å². The predicted octanol–water partition coefficient (Wildman–Crippen LogP) is 8.86. The number of nitrogens with zero attached hydrogens (tertiary/aromatic N) is 2. The number of benzene rings is 4. The SMILES string of the molecule is CC(C)(C)c1ccc(N=Cc2cc(-c3ccccc3)n(-c3ccccc3)c2-c2ccccc2)cc1. The van der Waals surface area contributed by atoms with E-state index >= 15 is 0 Å². The molecule has 5 aromatic rings. The fraction of sp³-hybridized carbons (Fsp3) is 0.121. The molecule has 5 rings (SSSR count). The van der Waals surface area contributed by atoms with Crippen LogP contribution in [0, 0.1) is 0 Å². The number of rotatable bonds is 5. The first-order valence-electron chi connectivity index (χ1n) is 12.1. The van der Waals surface area contributed by atoms with Crippen molar-refractivity contribution in [2.45, 2.75) is 26.2 Å². The third kappa shape index (κ3) is 4.88. The summed E-state index contributed by atoms with van der Waals surface area (Å²) in [4.78, 5) is 4.89. The van der Waals surface area contributed by atoms with E-state index in [2.05, 4.69) is 147 Å². The van der Waals surface area contributed by atoms with Gasteiger partial charge < -0.3 is 4.57 Å². The van der Waals surface area contributed by atoms with E-state index in [1.54, 1.807) is 0 Å². The average molecular weight is 455 g/mol. The summed E-state index contributed by atoms with van der Waals surface area (Å²) in [7, 11) is 0. The maximum Gasteiger partial charge on any atom is 0.0630 e. The number of hydrogen-bond acceptors (Lipinski definition) is 1. The molecule has 0 unspecified atom stereocenters. The number of aromatic nitrogens is 1. The lowest BCUT2D eigenvalue weighted by molar-refractivity contribution is 0.590. The van der Waals surface area contributed by atoms with Crippen LogP contribution in [0.2, 0.25) is 0 Å². The van der Waals surface area contributed by atoms with Gasteiger partial charge in [0, 0.05) is 17.5 Å². The van der Waals surface area contributed by atoms with Crippen LogP contribution in [0.3, 0.4) is 0 Å². The summed E-state index contributed by atoms with van der Waals surface area (Å²) in [6.07, 6.45) is 2.00. The van der Waals surface area contributed by atoms with Crippen molar-refractivity contribution in [3.05, 3.63) is 132 Å². The van der Waals surface area contributed by atoms with Crippen LogP contribution >= 0.6 is 0 Å². The molecular weight excluding hydrogens is 424 g/mol. The summed E-state index contributed by atoms with van der Waals surface area (Å²) in [5, 5.41) is 0. The molecule has 0 N–H and O–H groups in total. The number of aliphatic imine (C=N–C) groups is 1. The van der Waals surface area contributed by atoms with Gasteiger partial charge in [0.05, 0.1) is 17.1 Å². The minimum absolute atomic E-state index is 0.125. The van der Waals surface area contributed by atoms with Crippen molar-refractivity contribution in [2.75, 3.05) is 0 Å². The molecule has 0 radical (unpaired) electrons. The van der Waals surface area contributed by atoms with Gasteiger partial charge in [0.25, 0.3) is 0 Å². The van der Waals surface area contributed by atoms with Crippen LogP contribution in [0.25, 0.3) is 28.2 Å². The normalized spacial score (nSPS) is 11.7. The van der Waals surface area contributed by atoms with Crippen LogP contribution in [0.4, 0.5) is 5.69 Å². The highest BCUT2D eigenvalue weighted by atomic mass is 15.0. The minimum atomic E-state index is 0.125. The molecule has 0 bridgehead atoms. The maximum absolute atomic E-state index is 4.89. The van der Waals surface area contributed by atoms with E-state index in [1.807, 2.05) is 6.21 Å². The summed E-state index contributed by atoms with van der Waals surface area (Å²) < 4.78 is 2.34. The van der Waals surface area contributed by atoms with E-state index < -0.39 is 0 Å². The summed E-state index contributed by atoms with van der Waals surface area (Å²) in [5.74, 6) is 0. The van der Waals surface area contributed by atoms with Crippen LogP contribution in [-0.4, -0.2) is 10.8 Å². The highest BCUT2D eigenvalue weighted by Crippen LogP contribution is 2.35. The Bertz CT molecular complexity index is 1420. The summed E-state index contributed by atoms with van der Waals surface area (Å²) in [6, 6.07) is 42.5. The highest BCUT2D eigenvalue weighted by Gasteiger charge is 2.18. The Balaban J connectivity index is 1.69. The van der Waals surface area contributed by atoms with E-state index in [1.165, 1.54) is 11.1 Å². The number of para-hydroxylation sites is 1. The van der Waals surface area contributed by atoms with Gasteiger partial charge in [-0.1, -0.05) is 112 Å². The zero-order valence-electron chi connectivity index (χ0n) is 20.5. The zero-order chi connectivity index (χ0) is 24.3. The molecular formula is C33H30N2. The Labute approximate surface area is 208 Å². The highest BCUT2D eigenvalue weighted by molar-refractivity contribution is 5.94. The van der Waals surface area contributed by atoms with E-state index in [0.717, 1.165) is 33.9 Å². The van der Waals surface area contributed by atoms with Crippen molar-refractivity contribution in [3.63, 3.8) is 0 Å². The molecule has 0 aliphatic heterocycles. The Morgan fingerprint density at radius 2 is 1.17 bits per heavy atom. The van der Waals surface area contributed by atoms with Crippen molar-refractivity contribution in [2.24, 2.45) is 4.99 Å². The molecule has 172 valence electrons. The van der Waals surface area contributed by atoms with Crippen molar-refractivity contribution in [1.29, 1.82) is 0 Å². The molecule has 0 amide bonds. The molecule has 2 nitrogen and oxygen atoms in total. The molecule has 0 fully saturated rings. The maximum atomic E-state index is 4.89. The Morgan fingerprint density at radius 1 is 0.629 bits per heavy atom. The molecule has 2 heteroatoms. The van der Waals surface area contributed by atoms with Crippen LogP contribution in [0.5, 0.6) is 0 Å². The summed E-state index contributed by atoms with van der Waals surface area (Å²) in [5.41, 5.74) is 9.18. The van der Waals surface area contributed by atoms with Crippen LogP contribution in [0.1, 0.15) is 31.9 Å². The standard InChI is InChI=1S/C33H30N2/c1-33(2,3)28-19-21-29(22-20-28)34-24-27-23-31(25-13-7-4-8-14-25)35(30-17-11-6-12-18-30)32(27)26-15-9-5-10-16-26/h4-24H,1-3H3. The van der Waals surface area contributed by atoms with E-state index in [4.69, 9.17) is 4.99 Å². The predicted molar refractivity (Wildman–Crippen MR) is 149 cm³/mol. The van der Waals surface area contributed by atoms with Gasteiger partial charge in [-0.05, 0) is 52.4 Å². The number of hydrogen-bond donors (Lipinski definition) is 0. The third-order valence-electron chi connectivity index (χ3n) is 6.25. The second-order valence-electron chi connectivity index (χ2n) is 9.79. The van der Waals surface area contributed by atoms with Gasteiger partial charge in [-0.25, -0.2) is 0 Å². The van der Waals surface area contributed by atoms with Crippen LogP contribution < -0.4 is 0 Å². The third-order valence-corrected chi connectivity index (χ3v) is 6.25. The molecule has 0 saturated carbocycles. The second kappa shape index (κ2) is 9.60. The Morgan fingerprint density at radius 3 is 1.74 bits per heavy atom. The first kappa shape index (κ1) is 22.6. The van der Waals surface area contributed by atoms with E-state index in [0.29, 0.717) is 0 Å². The molecule has 4 aromatic carbocycles. The Hall–Kier alpha value is -4.17. The first-order valence-corrected chi connectivity index (χ1v) is 12.1. The average Bonchev–Trinajstić information content (AvgIpc) is 3.28. The van der Waals surface area contributed by atoms with Gasteiger partial charge in [-0.15, -0.1) is 0 Å². The van der Waals surface area contributed by atoms with Gasteiger partial charge in [0.1, 0.15) is 0 Å². The molecule has 0 aliphatic rings. The van der Waals surface area contributed by atoms with Gasteiger partial charge in [-0.2, -0.15) is 0 Å². The van der Waals surface area contributed by atoms with Crippen LogP contribution in [0.15, 0.2) is 126 Å². The minimum Gasteiger partial charge on any atom is -0.309 e. The molecule has 0 aliphatic carbocycles. The van der Waals surface area contributed by atoms with Crippen molar-refractivity contribution in [1.82, 2.24) is 4.57 Å². The molecule has 0 spiro atoms. The van der Waals surface area contributed by atoms with Gasteiger partial charge in [0.15, 0.2) is 0 Å². The zero-order valence-corrected chi connectivity index (χ0v) is 20.5. The topological polar surface area (TPSA) is 17.3 Å². The molecule has 35 heavy (non-hydrogen) atoms. The molecule has 0 atom stereocenters. The Kier molecular flexibility index (Phi) is 6.20. The molecule has 0 saturated heterocycles. The largest absolute Gasteiger partial charge is 0.309 e. The lowest BCUT2D eigenvalue weighted by Gasteiger charge is -2.18. The fourth-order valence-corrected chi connectivity index (χ4v) is 4.38. The summed E-state index contributed by atoms with van der Waals surface area (Å²) >= 11 is 0. The van der Waals surface area contributed by atoms with Crippen LogP contribution in [-0.2, 0) is 5.41 Å². The first-order chi connectivity index (χ1) is 17.0. The monoisotopic (exact) mass is 454 g/mol. The van der Waals surface area contributed by atoms with Gasteiger partial charge >= 0.3 is 0 Å². The van der Waals surface area contributed by atoms with Crippen molar-refractivity contribution < 1.29 is 0 Å². The lowest BCUT2D eigenvalue weighted by atomic mass is 9.87.